The quantitative estimate of drug-likeness (QED) is 0.159. The fourth-order valence-corrected chi connectivity index (χ4v) is 8.25. The first-order chi connectivity index (χ1) is 28.7. The van der Waals surface area contributed by atoms with Crippen LogP contribution in [0.4, 0.5) is 0 Å². The van der Waals surface area contributed by atoms with Crippen LogP contribution < -0.4 is 0 Å². The van der Waals surface area contributed by atoms with E-state index in [1.807, 2.05) is 60.7 Å². The van der Waals surface area contributed by atoms with Crippen LogP contribution in [-0.2, 0) is 0 Å². The van der Waals surface area contributed by atoms with Gasteiger partial charge in [-0.25, -0.2) is 19.9 Å². The van der Waals surface area contributed by atoms with Crippen molar-refractivity contribution in [3.8, 4) is 67.7 Å². The van der Waals surface area contributed by atoms with Crippen molar-refractivity contribution in [2.24, 2.45) is 0 Å². The zero-order valence-electron chi connectivity index (χ0n) is 31.4. The van der Waals surface area contributed by atoms with Crippen molar-refractivity contribution in [3.63, 3.8) is 0 Å². The molecule has 0 spiro atoms. The maximum absolute atomic E-state index is 5.18. The second-order valence-electron chi connectivity index (χ2n) is 14.6. The Morgan fingerprint density at radius 3 is 1.38 bits per heavy atom. The summed E-state index contributed by atoms with van der Waals surface area (Å²) < 4.78 is 0. The molecule has 0 amide bonds. The number of para-hydroxylation sites is 1. The SMILES string of the molecule is c1ccc(-c2nc(-c3ccccc3)nc(-c3cc(-c4ccc(-c5nc6ccccc6c6ccccc56)cc4)cc(-c4cc5ccccc5c5ccccc45)c3)n2)cc1. The zero-order chi connectivity index (χ0) is 38.4. The second-order valence-corrected chi connectivity index (χ2v) is 14.6. The van der Waals surface area contributed by atoms with E-state index in [0.29, 0.717) is 17.5 Å². The molecular formula is C54H34N4. The lowest BCUT2D eigenvalue weighted by Gasteiger charge is -2.15. The van der Waals surface area contributed by atoms with Gasteiger partial charge in [-0.05, 0) is 79.5 Å². The predicted octanol–water partition coefficient (Wildman–Crippen LogP) is 13.9. The van der Waals surface area contributed by atoms with Crippen LogP contribution in [0.25, 0.3) is 111 Å². The van der Waals surface area contributed by atoms with Gasteiger partial charge in [-0.2, -0.15) is 0 Å². The van der Waals surface area contributed by atoms with Gasteiger partial charge in [-0.3, -0.25) is 0 Å². The van der Waals surface area contributed by atoms with Gasteiger partial charge in [0.1, 0.15) is 0 Å². The first-order valence-corrected chi connectivity index (χ1v) is 19.6. The van der Waals surface area contributed by atoms with E-state index in [9.17, 15) is 0 Å². The van der Waals surface area contributed by atoms with Crippen LogP contribution in [0.3, 0.4) is 0 Å². The summed E-state index contributed by atoms with van der Waals surface area (Å²) in [5, 5.41) is 8.35. The number of benzene rings is 9. The van der Waals surface area contributed by atoms with Gasteiger partial charge >= 0.3 is 0 Å². The molecule has 58 heavy (non-hydrogen) atoms. The Kier molecular flexibility index (Phi) is 8.11. The van der Waals surface area contributed by atoms with Crippen LogP contribution in [0.5, 0.6) is 0 Å². The van der Waals surface area contributed by atoms with Crippen LogP contribution >= 0.6 is 0 Å². The van der Waals surface area contributed by atoms with Crippen LogP contribution in [0, 0.1) is 0 Å². The number of pyridine rings is 1. The van der Waals surface area contributed by atoms with Crippen molar-refractivity contribution >= 4 is 43.2 Å². The van der Waals surface area contributed by atoms with Gasteiger partial charge < -0.3 is 0 Å². The van der Waals surface area contributed by atoms with Gasteiger partial charge in [0.2, 0.25) is 0 Å². The van der Waals surface area contributed by atoms with Gasteiger partial charge in [-0.1, -0.05) is 176 Å². The second kappa shape index (κ2) is 14.0. The Hall–Kier alpha value is -7.82. The third-order valence-corrected chi connectivity index (χ3v) is 11.1. The lowest BCUT2D eigenvalue weighted by molar-refractivity contribution is 1.07. The summed E-state index contributed by atoms with van der Waals surface area (Å²) in [6.45, 7) is 0. The van der Waals surface area contributed by atoms with E-state index >= 15 is 0 Å². The highest BCUT2D eigenvalue weighted by molar-refractivity contribution is 6.14. The molecule has 0 N–H and O–H groups in total. The molecular weight excluding hydrogens is 705 g/mol. The number of fused-ring (bicyclic) bond motifs is 6. The van der Waals surface area contributed by atoms with Gasteiger partial charge in [0.25, 0.3) is 0 Å². The van der Waals surface area contributed by atoms with Crippen molar-refractivity contribution in [2.75, 3.05) is 0 Å². The molecule has 270 valence electrons. The summed E-state index contributed by atoms with van der Waals surface area (Å²) in [7, 11) is 0. The van der Waals surface area contributed by atoms with Crippen LogP contribution in [0.15, 0.2) is 206 Å². The third kappa shape index (κ3) is 5.96. The van der Waals surface area contributed by atoms with Gasteiger partial charge in [-0.15, -0.1) is 0 Å². The van der Waals surface area contributed by atoms with E-state index in [-0.39, 0.29) is 0 Å². The molecule has 0 aliphatic carbocycles. The lowest BCUT2D eigenvalue weighted by Crippen LogP contribution is -2.00. The van der Waals surface area contributed by atoms with E-state index in [4.69, 9.17) is 19.9 Å². The molecule has 0 aliphatic heterocycles. The third-order valence-electron chi connectivity index (χ3n) is 11.1. The number of nitrogens with zero attached hydrogens (tertiary/aromatic N) is 4. The zero-order valence-corrected chi connectivity index (χ0v) is 31.4. The number of hydrogen-bond donors (Lipinski definition) is 0. The molecule has 4 nitrogen and oxygen atoms in total. The van der Waals surface area contributed by atoms with E-state index < -0.39 is 0 Å². The molecule has 0 saturated heterocycles. The number of aromatic nitrogens is 4. The minimum Gasteiger partial charge on any atom is -0.247 e. The summed E-state index contributed by atoms with van der Waals surface area (Å²) in [5.74, 6) is 1.88. The normalized spacial score (nSPS) is 11.4. The molecule has 11 aromatic rings. The summed E-state index contributed by atoms with van der Waals surface area (Å²) in [6, 6.07) is 72.4. The first-order valence-electron chi connectivity index (χ1n) is 19.6. The fraction of sp³-hybridized carbons (Fsp3) is 0. The van der Waals surface area contributed by atoms with Crippen LogP contribution in [0.2, 0.25) is 0 Å². The Bertz CT molecular complexity index is 3260. The topological polar surface area (TPSA) is 51.6 Å². The molecule has 9 aromatic carbocycles. The molecule has 0 atom stereocenters. The number of hydrogen-bond acceptors (Lipinski definition) is 4. The lowest BCUT2D eigenvalue weighted by atomic mass is 9.90. The molecule has 4 heteroatoms. The van der Waals surface area contributed by atoms with E-state index in [2.05, 4.69) is 146 Å². The maximum Gasteiger partial charge on any atom is 0.164 e. The molecule has 0 bridgehead atoms. The van der Waals surface area contributed by atoms with Crippen molar-refractivity contribution in [3.05, 3.63) is 206 Å². The predicted molar refractivity (Wildman–Crippen MR) is 240 cm³/mol. The largest absolute Gasteiger partial charge is 0.247 e. The van der Waals surface area contributed by atoms with Crippen molar-refractivity contribution in [1.82, 2.24) is 19.9 Å². The summed E-state index contributed by atoms with van der Waals surface area (Å²) >= 11 is 0. The highest BCUT2D eigenvalue weighted by atomic mass is 15.0. The Morgan fingerprint density at radius 2 is 0.707 bits per heavy atom. The Morgan fingerprint density at radius 1 is 0.241 bits per heavy atom. The Labute approximate surface area is 335 Å². The van der Waals surface area contributed by atoms with E-state index in [0.717, 1.165) is 66.5 Å². The highest BCUT2D eigenvalue weighted by Crippen LogP contribution is 2.40. The molecule has 0 saturated carbocycles. The van der Waals surface area contributed by atoms with Gasteiger partial charge in [0.15, 0.2) is 17.5 Å². The Balaban J connectivity index is 1.13. The summed E-state index contributed by atoms with van der Waals surface area (Å²) in [4.78, 5) is 20.5. The van der Waals surface area contributed by atoms with Gasteiger partial charge in [0, 0.05) is 33.0 Å². The average molecular weight is 739 g/mol. The summed E-state index contributed by atoms with van der Waals surface area (Å²) in [5.41, 5.74) is 10.2. The van der Waals surface area contributed by atoms with E-state index in [1.165, 1.54) is 26.9 Å². The minimum atomic E-state index is 0.615. The maximum atomic E-state index is 5.18. The molecule has 0 fully saturated rings. The summed E-state index contributed by atoms with van der Waals surface area (Å²) in [6.07, 6.45) is 0. The molecule has 2 aromatic heterocycles. The van der Waals surface area contributed by atoms with Crippen LogP contribution in [0.1, 0.15) is 0 Å². The molecule has 11 rings (SSSR count). The number of rotatable bonds is 6. The average Bonchev–Trinajstić information content (AvgIpc) is 3.31. The minimum absolute atomic E-state index is 0.615. The van der Waals surface area contributed by atoms with Crippen molar-refractivity contribution in [1.29, 1.82) is 0 Å². The smallest absolute Gasteiger partial charge is 0.164 e. The van der Waals surface area contributed by atoms with Crippen LogP contribution in [-0.4, -0.2) is 19.9 Å². The van der Waals surface area contributed by atoms with E-state index in [1.54, 1.807) is 0 Å². The molecule has 0 radical (unpaired) electrons. The molecule has 2 heterocycles. The monoisotopic (exact) mass is 738 g/mol. The highest BCUT2D eigenvalue weighted by Gasteiger charge is 2.17. The van der Waals surface area contributed by atoms with Gasteiger partial charge in [0.05, 0.1) is 11.2 Å². The van der Waals surface area contributed by atoms with Crippen molar-refractivity contribution < 1.29 is 0 Å². The molecule has 0 unspecified atom stereocenters. The fourth-order valence-electron chi connectivity index (χ4n) is 8.25. The van der Waals surface area contributed by atoms with Crippen molar-refractivity contribution in [2.45, 2.75) is 0 Å². The first kappa shape index (κ1) is 33.5. The molecule has 0 aliphatic rings. The standard InChI is InChI=1S/C54H34N4/c1-3-15-37(16-4-1)52-56-53(38-17-5-2-6-18-38)58-54(57-52)42-32-40(31-41(33-42)49-34-39-19-7-8-20-43(39)44-21-9-10-22-45(44)49)35-27-29-36(30-28-35)51-48-25-12-11-23-46(48)47-24-13-14-26-50(47)55-51/h1-34H.